The standard InChI is InChI=1S/C21H24N2O5S/c1-15-8-9-18(21(25)28-2)13-19(15)29(26,27)22-14-16-6-5-7-17(12-16)20(24)23-10-3-4-11-23/h5-9,12-13,22H,3-4,10-11,14H2,1-2H3. The zero-order valence-corrected chi connectivity index (χ0v) is 17.3. The molecule has 0 spiro atoms. The minimum Gasteiger partial charge on any atom is -0.465 e. The van der Waals surface area contributed by atoms with E-state index >= 15 is 0 Å². The molecule has 0 atom stereocenters. The minimum absolute atomic E-state index is 0.0182. The largest absolute Gasteiger partial charge is 0.465 e. The number of carbonyl (C=O) groups excluding carboxylic acids is 2. The molecule has 2 aromatic carbocycles. The van der Waals surface area contributed by atoms with Gasteiger partial charge in [-0.15, -0.1) is 0 Å². The van der Waals surface area contributed by atoms with E-state index in [1.54, 1.807) is 37.3 Å². The molecule has 1 aliphatic heterocycles. The SMILES string of the molecule is COC(=O)c1ccc(C)c(S(=O)(=O)NCc2cccc(C(=O)N3CCCC3)c2)c1. The maximum absolute atomic E-state index is 12.8. The summed E-state index contributed by atoms with van der Waals surface area (Å²) in [5.41, 5.74) is 1.91. The van der Waals surface area contributed by atoms with E-state index in [4.69, 9.17) is 0 Å². The molecule has 3 rings (SSSR count). The zero-order chi connectivity index (χ0) is 21.0. The van der Waals surface area contributed by atoms with Gasteiger partial charge >= 0.3 is 5.97 Å². The molecule has 154 valence electrons. The van der Waals surface area contributed by atoms with Crippen LogP contribution < -0.4 is 4.72 Å². The Labute approximate surface area is 170 Å². The fourth-order valence-electron chi connectivity index (χ4n) is 3.31. The van der Waals surface area contributed by atoms with Crippen molar-refractivity contribution in [2.45, 2.75) is 31.2 Å². The number of nitrogens with zero attached hydrogens (tertiary/aromatic N) is 1. The van der Waals surface area contributed by atoms with Gasteiger partial charge in [-0.2, -0.15) is 0 Å². The number of hydrogen-bond acceptors (Lipinski definition) is 5. The lowest BCUT2D eigenvalue weighted by molar-refractivity contribution is 0.0600. The first-order chi connectivity index (χ1) is 13.8. The fraction of sp³-hybridized carbons (Fsp3) is 0.333. The molecule has 0 aliphatic carbocycles. The van der Waals surface area contributed by atoms with E-state index in [0.29, 0.717) is 16.7 Å². The van der Waals surface area contributed by atoms with Crippen LogP contribution in [0.2, 0.25) is 0 Å². The van der Waals surface area contributed by atoms with Crippen molar-refractivity contribution in [3.05, 3.63) is 64.7 Å². The van der Waals surface area contributed by atoms with Crippen LogP contribution >= 0.6 is 0 Å². The van der Waals surface area contributed by atoms with E-state index in [2.05, 4.69) is 9.46 Å². The number of amides is 1. The lowest BCUT2D eigenvalue weighted by atomic mass is 10.1. The molecule has 0 radical (unpaired) electrons. The van der Waals surface area contributed by atoms with E-state index in [1.807, 2.05) is 4.90 Å². The fourth-order valence-corrected chi connectivity index (χ4v) is 4.59. The van der Waals surface area contributed by atoms with Gasteiger partial charge in [-0.25, -0.2) is 17.9 Å². The molecular formula is C21H24N2O5S. The van der Waals surface area contributed by atoms with Crippen LogP contribution in [0.3, 0.4) is 0 Å². The Hall–Kier alpha value is -2.71. The number of benzene rings is 2. The molecular weight excluding hydrogens is 392 g/mol. The van der Waals surface area contributed by atoms with E-state index < -0.39 is 16.0 Å². The normalized spacial score (nSPS) is 14.1. The number of likely N-dealkylation sites (tertiary alicyclic amines) is 1. The summed E-state index contributed by atoms with van der Waals surface area (Å²) < 4.78 is 32.8. The van der Waals surface area contributed by atoms with Gasteiger partial charge in [0.25, 0.3) is 5.91 Å². The molecule has 0 bridgehead atoms. The summed E-state index contributed by atoms with van der Waals surface area (Å²) in [5, 5.41) is 0. The monoisotopic (exact) mass is 416 g/mol. The van der Waals surface area contributed by atoms with Crippen molar-refractivity contribution in [3.8, 4) is 0 Å². The molecule has 0 unspecified atom stereocenters. The van der Waals surface area contributed by atoms with E-state index in [-0.39, 0.29) is 22.9 Å². The molecule has 0 aromatic heterocycles. The van der Waals surface area contributed by atoms with Crippen molar-refractivity contribution >= 4 is 21.9 Å². The molecule has 2 aromatic rings. The van der Waals surface area contributed by atoms with Gasteiger partial charge in [0.2, 0.25) is 10.0 Å². The summed E-state index contributed by atoms with van der Waals surface area (Å²) >= 11 is 0. The Morgan fingerprint density at radius 3 is 2.48 bits per heavy atom. The molecule has 7 nitrogen and oxygen atoms in total. The third kappa shape index (κ3) is 4.83. The number of ether oxygens (including phenoxy) is 1. The van der Waals surface area contributed by atoms with Gasteiger partial charge < -0.3 is 9.64 Å². The van der Waals surface area contributed by atoms with Crippen LogP contribution in [0.25, 0.3) is 0 Å². The number of hydrogen-bond donors (Lipinski definition) is 1. The van der Waals surface area contributed by atoms with Gasteiger partial charge in [0.05, 0.1) is 17.6 Å². The lowest BCUT2D eigenvalue weighted by Gasteiger charge is -2.16. The van der Waals surface area contributed by atoms with Gasteiger partial charge in [0.1, 0.15) is 0 Å². The lowest BCUT2D eigenvalue weighted by Crippen LogP contribution is -2.28. The maximum Gasteiger partial charge on any atom is 0.337 e. The van der Waals surface area contributed by atoms with Crippen LogP contribution in [0.5, 0.6) is 0 Å². The summed E-state index contributed by atoms with van der Waals surface area (Å²) in [4.78, 5) is 26.1. The number of sulfonamides is 1. The average Bonchev–Trinajstić information content (AvgIpc) is 3.26. The smallest absolute Gasteiger partial charge is 0.337 e. The van der Waals surface area contributed by atoms with Gasteiger partial charge in [0, 0.05) is 25.2 Å². The number of rotatable bonds is 6. The van der Waals surface area contributed by atoms with Gasteiger partial charge in [-0.05, 0) is 55.2 Å². The Morgan fingerprint density at radius 1 is 1.07 bits per heavy atom. The Kier molecular flexibility index (Phi) is 6.34. The van der Waals surface area contributed by atoms with Crippen LogP contribution in [0.15, 0.2) is 47.4 Å². The van der Waals surface area contributed by atoms with Crippen LogP contribution in [0.1, 0.15) is 44.7 Å². The minimum atomic E-state index is -3.86. The third-order valence-corrected chi connectivity index (χ3v) is 6.48. The van der Waals surface area contributed by atoms with Gasteiger partial charge in [-0.1, -0.05) is 18.2 Å². The van der Waals surface area contributed by atoms with E-state index in [9.17, 15) is 18.0 Å². The van der Waals surface area contributed by atoms with Gasteiger partial charge in [-0.3, -0.25) is 4.79 Å². The highest BCUT2D eigenvalue weighted by Crippen LogP contribution is 2.19. The Bertz CT molecular complexity index is 1030. The van der Waals surface area contributed by atoms with Crippen molar-refractivity contribution in [1.82, 2.24) is 9.62 Å². The van der Waals surface area contributed by atoms with Crippen LogP contribution in [0, 0.1) is 6.92 Å². The number of nitrogens with one attached hydrogen (secondary N) is 1. The predicted octanol–water partition coefficient (Wildman–Crippen LogP) is 2.50. The van der Waals surface area contributed by atoms with Crippen molar-refractivity contribution in [3.63, 3.8) is 0 Å². The van der Waals surface area contributed by atoms with Crippen LogP contribution in [-0.4, -0.2) is 45.4 Å². The first-order valence-corrected chi connectivity index (χ1v) is 10.9. The Morgan fingerprint density at radius 2 is 1.79 bits per heavy atom. The molecule has 1 heterocycles. The van der Waals surface area contributed by atoms with Crippen molar-refractivity contribution < 1.29 is 22.7 Å². The average molecular weight is 416 g/mol. The summed E-state index contributed by atoms with van der Waals surface area (Å²) in [6.45, 7) is 3.20. The molecule has 0 saturated carbocycles. The summed E-state index contributed by atoms with van der Waals surface area (Å²) in [7, 11) is -2.61. The second kappa shape index (κ2) is 8.75. The quantitative estimate of drug-likeness (QED) is 0.731. The highest BCUT2D eigenvalue weighted by atomic mass is 32.2. The van der Waals surface area contributed by atoms with Gasteiger partial charge in [0.15, 0.2) is 0 Å². The molecule has 29 heavy (non-hydrogen) atoms. The number of esters is 1. The first kappa shape index (κ1) is 21.0. The summed E-state index contributed by atoms with van der Waals surface area (Å²) in [6, 6.07) is 11.3. The second-order valence-electron chi connectivity index (χ2n) is 7.00. The van der Waals surface area contributed by atoms with Crippen molar-refractivity contribution in [2.75, 3.05) is 20.2 Å². The zero-order valence-electron chi connectivity index (χ0n) is 16.5. The van der Waals surface area contributed by atoms with Crippen molar-refractivity contribution in [1.29, 1.82) is 0 Å². The highest BCUT2D eigenvalue weighted by molar-refractivity contribution is 7.89. The maximum atomic E-state index is 12.8. The topological polar surface area (TPSA) is 92.8 Å². The first-order valence-electron chi connectivity index (χ1n) is 9.38. The number of carbonyl (C=O) groups is 2. The second-order valence-corrected chi connectivity index (χ2v) is 8.73. The molecule has 8 heteroatoms. The third-order valence-electron chi connectivity index (χ3n) is 4.93. The number of aryl methyl sites for hydroxylation is 1. The molecule has 1 aliphatic rings. The molecule has 1 amide bonds. The highest BCUT2D eigenvalue weighted by Gasteiger charge is 2.21. The summed E-state index contributed by atoms with van der Waals surface area (Å²) in [5.74, 6) is -0.636. The molecule has 1 fully saturated rings. The Balaban J connectivity index is 1.76. The predicted molar refractivity (Wildman–Crippen MR) is 108 cm³/mol. The van der Waals surface area contributed by atoms with E-state index in [1.165, 1.54) is 19.2 Å². The number of methoxy groups -OCH3 is 1. The molecule has 1 saturated heterocycles. The van der Waals surface area contributed by atoms with Crippen molar-refractivity contribution in [2.24, 2.45) is 0 Å². The van der Waals surface area contributed by atoms with Crippen LogP contribution in [-0.2, 0) is 21.3 Å². The van der Waals surface area contributed by atoms with E-state index in [0.717, 1.165) is 25.9 Å². The van der Waals surface area contributed by atoms with Crippen LogP contribution in [0.4, 0.5) is 0 Å². The summed E-state index contributed by atoms with van der Waals surface area (Å²) in [6.07, 6.45) is 2.02. The molecule has 1 N–H and O–H groups in total.